The average molecular weight is 412 g/mol. The molecule has 1 aromatic heterocycles. The molecule has 1 N–H and O–H groups in total. The van der Waals surface area contributed by atoms with E-state index in [1.807, 2.05) is 32.0 Å². The summed E-state index contributed by atoms with van der Waals surface area (Å²) in [4.78, 5) is 24.6. The molecule has 3 aromatic rings. The Balaban J connectivity index is 1.69. The number of carbonyl (C=O) groups excluding carboxylic acids is 1. The zero-order valence-electron chi connectivity index (χ0n) is 16.5. The number of carbonyl (C=O) groups is 1. The molecule has 0 aliphatic carbocycles. The second kappa shape index (κ2) is 9.05. The van der Waals surface area contributed by atoms with Gasteiger partial charge in [0, 0.05) is 12.6 Å². The standard InChI is InChI=1S/C22H22FN3O2S/c1-14-4-9-19(12-15(14)2)26-21(27)11-10-20(25-26)29-16(3)22(28)24-13-17-5-7-18(23)8-6-17/h4-12,16H,13H2,1-3H3,(H,24,28). The molecular weight excluding hydrogens is 389 g/mol. The van der Waals surface area contributed by atoms with Gasteiger partial charge in [-0.1, -0.05) is 30.0 Å². The van der Waals surface area contributed by atoms with E-state index in [4.69, 9.17) is 0 Å². The van der Waals surface area contributed by atoms with Crippen LogP contribution in [-0.4, -0.2) is 20.9 Å². The number of nitrogens with zero attached hydrogens (tertiary/aromatic N) is 2. The van der Waals surface area contributed by atoms with Crippen LogP contribution >= 0.6 is 11.8 Å². The Morgan fingerprint density at radius 1 is 1.10 bits per heavy atom. The summed E-state index contributed by atoms with van der Waals surface area (Å²) in [5.74, 6) is -0.473. The van der Waals surface area contributed by atoms with Crippen molar-refractivity contribution in [2.75, 3.05) is 0 Å². The predicted octanol–water partition coefficient (Wildman–Crippen LogP) is 3.79. The van der Waals surface area contributed by atoms with Gasteiger partial charge in [-0.15, -0.1) is 0 Å². The first-order valence-corrected chi connectivity index (χ1v) is 10.1. The minimum Gasteiger partial charge on any atom is -0.351 e. The quantitative estimate of drug-likeness (QED) is 0.627. The van der Waals surface area contributed by atoms with Crippen molar-refractivity contribution in [3.63, 3.8) is 0 Å². The van der Waals surface area contributed by atoms with E-state index in [-0.39, 0.29) is 17.3 Å². The zero-order chi connectivity index (χ0) is 21.0. The van der Waals surface area contributed by atoms with E-state index in [1.54, 1.807) is 25.1 Å². The Bertz CT molecular complexity index is 1080. The molecule has 2 aromatic carbocycles. The number of amides is 1. The van der Waals surface area contributed by atoms with Gasteiger partial charge in [0.15, 0.2) is 0 Å². The summed E-state index contributed by atoms with van der Waals surface area (Å²) < 4.78 is 14.3. The molecule has 29 heavy (non-hydrogen) atoms. The van der Waals surface area contributed by atoms with Crippen molar-refractivity contribution in [2.45, 2.75) is 37.6 Å². The van der Waals surface area contributed by atoms with Gasteiger partial charge in [-0.05, 0) is 67.8 Å². The summed E-state index contributed by atoms with van der Waals surface area (Å²) in [5.41, 5.74) is 3.49. The lowest BCUT2D eigenvalue weighted by molar-refractivity contribution is -0.120. The number of hydrogen-bond donors (Lipinski definition) is 1. The first-order valence-electron chi connectivity index (χ1n) is 9.20. The molecule has 0 bridgehead atoms. The monoisotopic (exact) mass is 411 g/mol. The van der Waals surface area contributed by atoms with Crippen molar-refractivity contribution in [3.8, 4) is 5.69 Å². The Kier molecular flexibility index (Phi) is 6.49. The van der Waals surface area contributed by atoms with Gasteiger partial charge in [0.05, 0.1) is 10.9 Å². The molecule has 150 valence electrons. The molecule has 1 unspecified atom stereocenters. The molecule has 0 spiro atoms. The van der Waals surface area contributed by atoms with Crippen molar-refractivity contribution in [3.05, 3.63) is 87.5 Å². The van der Waals surface area contributed by atoms with Crippen molar-refractivity contribution >= 4 is 17.7 Å². The largest absolute Gasteiger partial charge is 0.351 e. The van der Waals surface area contributed by atoms with Crippen molar-refractivity contribution in [1.29, 1.82) is 0 Å². The summed E-state index contributed by atoms with van der Waals surface area (Å²) in [5, 5.41) is 7.41. The Hall–Kier alpha value is -2.93. The minimum absolute atomic E-state index is 0.162. The second-order valence-corrected chi connectivity index (χ2v) is 8.16. The van der Waals surface area contributed by atoms with Crippen molar-refractivity contribution in [1.82, 2.24) is 15.1 Å². The topological polar surface area (TPSA) is 64.0 Å². The molecule has 0 saturated carbocycles. The van der Waals surface area contributed by atoms with E-state index in [0.29, 0.717) is 17.3 Å². The van der Waals surface area contributed by atoms with Gasteiger partial charge in [0.25, 0.3) is 5.56 Å². The first-order chi connectivity index (χ1) is 13.8. The van der Waals surface area contributed by atoms with Crippen LogP contribution in [0.3, 0.4) is 0 Å². The van der Waals surface area contributed by atoms with Gasteiger partial charge in [0.1, 0.15) is 10.8 Å². The van der Waals surface area contributed by atoms with Gasteiger partial charge in [-0.25, -0.2) is 4.39 Å². The number of thioether (sulfide) groups is 1. The summed E-state index contributed by atoms with van der Waals surface area (Å²) in [7, 11) is 0. The lowest BCUT2D eigenvalue weighted by Gasteiger charge is -2.13. The number of benzene rings is 2. The molecule has 0 aliphatic rings. The maximum Gasteiger partial charge on any atom is 0.271 e. The SMILES string of the molecule is Cc1ccc(-n2nc(SC(C)C(=O)NCc3ccc(F)cc3)ccc2=O)cc1C. The fourth-order valence-electron chi connectivity index (χ4n) is 2.67. The zero-order valence-corrected chi connectivity index (χ0v) is 17.3. The maximum atomic E-state index is 13.0. The fraction of sp³-hybridized carbons (Fsp3) is 0.227. The van der Waals surface area contributed by atoms with Crippen molar-refractivity contribution < 1.29 is 9.18 Å². The lowest BCUT2D eigenvalue weighted by atomic mass is 10.1. The Morgan fingerprint density at radius 3 is 2.52 bits per heavy atom. The Morgan fingerprint density at radius 2 is 1.83 bits per heavy atom. The van der Waals surface area contributed by atoms with Gasteiger partial charge in [0.2, 0.25) is 5.91 Å². The molecular formula is C22H22FN3O2S. The minimum atomic E-state index is -0.409. The van der Waals surface area contributed by atoms with Crippen LogP contribution in [0.1, 0.15) is 23.6 Å². The van der Waals surface area contributed by atoms with E-state index in [9.17, 15) is 14.0 Å². The highest BCUT2D eigenvalue weighted by Gasteiger charge is 2.16. The highest BCUT2D eigenvalue weighted by Crippen LogP contribution is 2.21. The number of hydrogen-bond acceptors (Lipinski definition) is 4. The van der Waals surface area contributed by atoms with Crippen LogP contribution in [0.5, 0.6) is 0 Å². The number of rotatable bonds is 6. The highest BCUT2D eigenvalue weighted by atomic mass is 32.2. The molecule has 1 atom stereocenters. The Labute approximate surface area is 173 Å². The second-order valence-electron chi connectivity index (χ2n) is 6.79. The van der Waals surface area contributed by atoms with E-state index in [1.165, 1.54) is 34.6 Å². The van der Waals surface area contributed by atoms with E-state index < -0.39 is 5.25 Å². The third-order valence-corrected chi connectivity index (χ3v) is 5.58. The normalized spacial score (nSPS) is 11.9. The van der Waals surface area contributed by atoms with Crippen LogP contribution in [0.4, 0.5) is 4.39 Å². The van der Waals surface area contributed by atoms with Crippen LogP contribution in [0.15, 0.2) is 64.4 Å². The molecule has 3 rings (SSSR count). The molecule has 1 amide bonds. The van der Waals surface area contributed by atoms with Crippen LogP contribution in [0.2, 0.25) is 0 Å². The van der Waals surface area contributed by atoms with Crippen molar-refractivity contribution in [2.24, 2.45) is 0 Å². The van der Waals surface area contributed by atoms with E-state index >= 15 is 0 Å². The van der Waals surface area contributed by atoms with E-state index in [0.717, 1.165) is 16.7 Å². The van der Waals surface area contributed by atoms with Crippen LogP contribution in [0.25, 0.3) is 5.69 Å². The van der Waals surface area contributed by atoms with Gasteiger partial charge < -0.3 is 5.32 Å². The molecule has 0 fully saturated rings. The summed E-state index contributed by atoms with van der Waals surface area (Å²) in [6.07, 6.45) is 0. The van der Waals surface area contributed by atoms with Gasteiger partial charge in [-0.2, -0.15) is 9.78 Å². The third-order valence-electron chi connectivity index (χ3n) is 4.56. The van der Waals surface area contributed by atoms with Crippen LogP contribution < -0.4 is 10.9 Å². The molecule has 1 heterocycles. The lowest BCUT2D eigenvalue weighted by Crippen LogP contribution is -2.30. The predicted molar refractivity (Wildman–Crippen MR) is 113 cm³/mol. The molecule has 7 heteroatoms. The first kappa shape index (κ1) is 20.8. The summed E-state index contributed by atoms with van der Waals surface area (Å²) >= 11 is 1.27. The van der Waals surface area contributed by atoms with E-state index in [2.05, 4.69) is 10.4 Å². The maximum absolute atomic E-state index is 13.0. The summed E-state index contributed by atoms with van der Waals surface area (Å²) in [6.45, 7) is 6.08. The number of nitrogens with one attached hydrogen (secondary N) is 1. The average Bonchev–Trinajstić information content (AvgIpc) is 2.71. The number of aromatic nitrogens is 2. The fourth-order valence-corrected chi connectivity index (χ4v) is 3.50. The smallest absolute Gasteiger partial charge is 0.271 e. The van der Waals surface area contributed by atoms with Gasteiger partial charge >= 0.3 is 0 Å². The van der Waals surface area contributed by atoms with Crippen LogP contribution in [0, 0.1) is 19.7 Å². The molecule has 0 radical (unpaired) electrons. The molecule has 0 saturated heterocycles. The molecule has 5 nitrogen and oxygen atoms in total. The highest BCUT2D eigenvalue weighted by molar-refractivity contribution is 8.00. The summed E-state index contributed by atoms with van der Waals surface area (Å²) in [6, 6.07) is 14.8. The number of halogens is 1. The molecule has 0 aliphatic heterocycles. The van der Waals surface area contributed by atoms with Gasteiger partial charge in [-0.3, -0.25) is 9.59 Å². The number of aryl methyl sites for hydroxylation is 2. The third kappa shape index (κ3) is 5.32. The van der Waals surface area contributed by atoms with Crippen LogP contribution in [-0.2, 0) is 11.3 Å².